The van der Waals surface area contributed by atoms with Crippen molar-refractivity contribution in [2.45, 2.75) is 57.0 Å². The number of likely N-dealkylation sites (tertiary alicyclic amines) is 1. The summed E-state index contributed by atoms with van der Waals surface area (Å²) in [5.41, 5.74) is 0.619. The summed E-state index contributed by atoms with van der Waals surface area (Å²) in [7, 11) is 0. The zero-order valence-corrected chi connectivity index (χ0v) is 15.1. The number of ether oxygens (including phenoxy) is 1. The van der Waals surface area contributed by atoms with E-state index >= 15 is 0 Å². The molecule has 1 fully saturated rings. The number of carbonyl (C=O) groups excluding carboxylic acids is 1. The molecule has 3 rings (SSSR count). The highest BCUT2D eigenvalue weighted by Crippen LogP contribution is 2.49. The Kier molecular flexibility index (Phi) is 4.30. The van der Waals surface area contributed by atoms with Gasteiger partial charge in [0.15, 0.2) is 0 Å². The second-order valence-corrected chi connectivity index (χ2v) is 8.75. The Morgan fingerprint density at radius 1 is 1.39 bits per heavy atom. The van der Waals surface area contributed by atoms with Crippen LogP contribution in [0.15, 0.2) is 9.85 Å². The molecule has 23 heavy (non-hydrogen) atoms. The number of piperidine rings is 1. The Morgan fingerprint density at radius 3 is 2.57 bits per heavy atom. The Balaban J connectivity index is 1.92. The zero-order valence-electron chi connectivity index (χ0n) is 12.7. The first-order valence-corrected chi connectivity index (χ1v) is 9.07. The molecule has 1 aromatic rings. The average molecular weight is 412 g/mol. The normalized spacial score (nSPS) is 31.3. The third kappa shape index (κ3) is 2.93. The van der Waals surface area contributed by atoms with E-state index in [0.29, 0.717) is 19.4 Å². The predicted molar refractivity (Wildman–Crippen MR) is 84.4 cm³/mol. The summed E-state index contributed by atoms with van der Waals surface area (Å²) in [6.45, 7) is 3.89. The molecule has 0 saturated carbocycles. The molecule has 1 amide bonds. The number of thiophene rings is 1. The number of hydrogen-bond donors (Lipinski definition) is 0. The number of nitrogens with zero attached hydrogens (tertiary/aromatic N) is 1. The van der Waals surface area contributed by atoms with E-state index in [1.54, 1.807) is 25.2 Å². The minimum Gasteiger partial charge on any atom is -0.369 e. The predicted octanol–water partition coefficient (Wildman–Crippen LogP) is 4.24. The van der Waals surface area contributed by atoms with Gasteiger partial charge in [0.1, 0.15) is 5.60 Å². The first kappa shape index (κ1) is 17.2. The SMILES string of the molecule is C[C@@H]1CC2(C[C@H](C)N1C(=O)C(F)(F)F)OCCc1cc(Br)sc12. The van der Waals surface area contributed by atoms with Crippen molar-refractivity contribution in [1.82, 2.24) is 4.90 Å². The summed E-state index contributed by atoms with van der Waals surface area (Å²) in [4.78, 5) is 13.8. The molecule has 128 valence electrons. The van der Waals surface area contributed by atoms with Crippen molar-refractivity contribution in [3.63, 3.8) is 0 Å². The van der Waals surface area contributed by atoms with Crippen LogP contribution in [0.5, 0.6) is 0 Å². The highest BCUT2D eigenvalue weighted by Gasteiger charge is 2.53. The van der Waals surface area contributed by atoms with E-state index in [4.69, 9.17) is 4.74 Å². The lowest BCUT2D eigenvalue weighted by atomic mass is 9.79. The number of fused-ring (bicyclic) bond motifs is 2. The van der Waals surface area contributed by atoms with E-state index in [0.717, 1.165) is 20.0 Å². The molecule has 1 spiro atoms. The number of alkyl halides is 3. The van der Waals surface area contributed by atoms with Crippen molar-refractivity contribution in [1.29, 1.82) is 0 Å². The van der Waals surface area contributed by atoms with Crippen LogP contribution in [0.3, 0.4) is 0 Å². The zero-order chi connectivity index (χ0) is 17.0. The van der Waals surface area contributed by atoms with Gasteiger partial charge in [0.2, 0.25) is 0 Å². The van der Waals surface area contributed by atoms with Gasteiger partial charge in [0, 0.05) is 29.8 Å². The summed E-state index contributed by atoms with van der Waals surface area (Å²) < 4.78 is 45.6. The first-order chi connectivity index (χ1) is 10.6. The van der Waals surface area contributed by atoms with Crippen LogP contribution < -0.4 is 0 Å². The molecule has 3 atom stereocenters. The molecule has 2 aliphatic heterocycles. The van der Waals surface area contributed by atoms with Crippen LogP contribution in [0.25, 0.3) is 0 Å². The van der Waals surface area contributed by atoms with Crippen LogP contribution in [0.2, 0.25) is 0 Å². The Bertz CT molecular complexity index is 619. The molecule has 0 aromatic carbocycles. The molecule has 2 aliphatic rings. The number of hydrogen-bond acceptors (Lipinski definition) is 3. The maximum absolute atomic E-state index is 12.8. The van der Waals surface area contributed by atoms with Crippen molar-refractivity contribution in [2.24, 2.45) is 0 Å². The summed E-state index contributed by atoms with van der Waals surface area (Å²) in [5, 5.41) is 0. The largest absolute Gasteiger partial charge is 0.471 e. The van der Waals surface area contributed by atoms with Crippen LogP contribution in [0.4, 0.5) is 13.2 Å². The second kappa shape index (κ2) is 5.74. The quantitative estimate of drug-likeness (QED) is 0.638. The molecule has 1 saturated heterocycles. The molecular formula is C15H17BrF3NO2S. The van der Waals surface area contributed by atoms with E-state index in [1.807, 2.05) is 0 Å². The molecule has 3 nitrogen and oxygen atoms in total. The Morgan fingerprint density at radius 2 is 2.00 bits per heavy atom. The van der Waals surface area contributed by atoms with Crippen LogP contribution in [0.1, 0.15) is 37.1 Å². The number of amides is 1. The molecule has 8 heteroatoms. The summed E-state index contributed by atoms with van der Waals surface area (Å²) >= 11 is 5.06. The molecular weight excluding hydrogens is 395 g/mol. The van der Waals surface area contributed by atoms with Crippen molar-refractivity contribution in [2.75, 3.05) is 6.61 Å². The highest BCUT2D eigenvalue weighted by atomic mass is 79.9. The van der Waals surface area contributed by atoms with E-state index in [2.05, 4.69) is 22.0 Å². The smallest absolute Gasteiger partial charge is 0.369 e. The van der Waals surface area contributed by atoms with Crippen molar-refractivity contribution in [3.8, 4) is 0 Å². The summed E-state index contributed by atoms with van der Waals surface area (Å²) in [6.07, 6.45) is -3.25. The lowest BCUT2D eigenvalue weighted by molar-refractivity contribution is -0.199. The van der Waals surface area contributed by atoms with Crippen LogP contribution >= 0.6 is 27.3 Å². The molecule has 0 aliphatic carbocycles. The highest BCUT2D eigenvalue weighted by molar-refractivity contribution is 9.11. The van der Waals surface area contributed by atoms with Gasteiger partial charge >= 0.3 is 12.1 Å². The number of halogens is 4. The summed E-state index contributed by atoms with van der Waals surface area (Å²) in [6, 6.07) is 1.01. The Hall–Kier alpha value is -0.600. The monoisotopic (exact) mass is 411 g/mol. The Labute approximate surface area is 144 Å². The van der Waals surface area contributed by atoms with Crippen molar-refractivity contribution < 1.29 is 22.7 Å². The summed E-state index contributed by atoms with van der Waals surface area (Å²) in [5.74, 6) is -1.75. The van der Waals surface area contributed by atoms with Crippen LogP contribution in [0, 0.1) is 0 Å². The number of carbonyl (C=O) groups is 1. The van der Waals surface area contributed by atoms with Gasteiger partial charge < -0.3 is 9.64 Å². The van der Waals surface area contributed by atoms with Gasteiger partial charge in [-0.1, -0.05) is 0 Å². The van der Waals surface area contributed by atoms with Gasteiger partial charge in [0.25, 0.3) is 0 Å². The maximum atomic E-state index is 12.8. The lowest BCUT2D eigenvalue weighted by Gasteiger charge is -2.50. The first-order valence-electron chi connectivity index (χ1n) is 7.46. The van der Waals surface area contributed by atoms with E-state index in [-0.39, 0.29) is 0 Å². The maximum Gasteiger partial charge on any atom is 0.471 e. The molecule has 1 aromatic heterocycles. The second-order valence-electron chi connectivity index (χ2n) is 6.31. The van der Waals surface area contributed by atoms with Gasteiger partial charge in [-0.05, 0) is 47.8 Å². The van der Waals surface area contributed by atoms with Gasteiger partial charge in [-0.15, -0.1) is 11.3 Å². The molecule has 0 bridgehead atoms. The lowest BCUT2D eigenvalue weighted by Crippen LogP contribution is -2.59. The fourth-order valence-corrected chi connectivity index (χ4v) is 5.77. The van der Waals surface area contributed by atoms with Crippen LogP contribution in [-0.2, 0) is 21.6 Å². The third-order valence-corrected chi connectivity index (χ3v) is 6.49. The fourth-order valence-electron chi connectivity index (χ4n) is 3.91. The van der Waals surface area contributed by atoms with E-state index in [9.17, 15) is 18.0 Å². The van der Waals surface area contributed by atoms with Gasteiger partial charge in [-0.25, -0.2) is 0 Å². The van der Waals surface area contributed by atoms with Gasteiger partial charge in [0.05, 0.1) is 10.4 Å². The minimum atomic E-state index is -4.84. The topological polar surface area (TPSA) is 29.5 Å². The molecule has 0 N–H and O–H groups in total. The molecule has 0 radical (unpaired) electrons. The van der Waals surface area contributed by atoms with Crippen LogP contribution in [-0.4, -0.2) is 35.7 Å². The van der Waals surface area contributed by atoms with Gasteiger partial charge in [-0.2, -0.15) is 13.2 Å². The third-order valence-electron chi connectivity index (χ3n) is 4.62. The fraction of sp³-hybridized carbons (Fsp3) is 0.667. The van der Waals surface area contributed by atoms with E-state index in [1.165, 1.54) is 5.56 Å². The molecule has 3 heterocycles. The van der Waals surface area contributed by atoms with E-state index < -0.39 is 29.8 Å². The van der Waals surface area contributed by atoms with Gasteiger partial charge in [-0.3, -0.25) is 4.79 Å². The minimum absolute atomic E-state index is 0.388. The standard InChI is InChI=1S/C15H17BrF3NO2S/c1-8-6-14(7-9(2)20(8)13(21)15(17,18)19)12-10(3-4-22-14)5-11(16)23-12/h5,8-9H,3-4,6-7H2,1-2H3/t8-,9+,14?. The molecule has 1 unspecified atom stereocenters. The number of rotatable bonds is 0. The average Bonchev–Trinajstić information content (AvgIpc) is 2.79. The van der Waals surface area contributed by atoms with Crippen molar-refractivity contribution in [3.05, 3.63) is 20.3 Å². The van der Waals surface area contributed by atoms with Crippen molar-refractivity contribution >= 4 is 33.2 Å².